The van der Waals surface area contributed by atoms with Gasteiger partial charge in [0, 0.05) is 134 Å². The summed E-state index contributed by atoms with van der Waals surface area (Å²) in [6.45, 7) is 44.5. The van der Waals surface area contributed by atoms with Crippen LogP contribution in [0.2, 0.25) is 0 Å². The maximum Gasteiger partial charge on any atom is 0.248 e. The van der Waals surface area contributed by atoms with Crippen LogP contribution in [-0.4, -0.2) is 308 Å². The molecule has 0 saturated carbocycles. The fraction of sp³-hybridized carbons (Fsp3) is 0.900. The quantitative estimate of drug-likeness (QED) is 0.0514. The minimum absolute atomic E-state index is 0.000741. The number of unbranched alkanes of at least 4 members (excludes halogenated alkanes) is 28. The number of rotatable bonds is 78. The normalized spacial score (nSPS) is 11.2. The third-order valence-corrected chi connectivity index (χ3v) is 22.9. The Bertz CT molecular complexity index is 2380. The lowest BCUT2D eigenvalue weighted by Crippen LogP contribution is -2.38. The molecule has 25 heteroatoms. The van der Waals surface area contributed by atoms with E-state index >= 15 is 0 Å². The molecule has 740 valence electrons. The molecule has 0 fully saturated rings. The summed E-state index contributed by atoms with van der Waals surface area (Å²) in [5.74, 6) is 0.710. The van der Waals surface area contributed by atoms with E-state index in [2.05, 4.69) is 83.1 Å². The number of hydrogen-bond donors (Lipinski definition) is 0. The second-order valence-corrected chi connectivity index (χ2v) is 34.2. The van der Waals surface area contributed by atoms with Gasteiger partial charge in [0.2, 0.25) is 59.1 Å². The minimum atomic E-state index is -0.0625. The average Bonchev–Trinajstić information content (AvgIpc) is 0.935. The highest BCUT2D eigenvalue weighted by Crippen LogP contribution is 2.17. The average molecular weight is 1780 g/mol. The van der Waals surface area contributed by atoms with Crippen molar-refractivity contribution in [2.75, 3.05) is 200 Å². The minimum Gasteiger partial charge on any atom is -0.362 e. The lowest BCUT2D eigenvalue weighted by molar-refractivity contribution is -0.143. The van der Waals surface area contributed by atoms with Gasteiger partial charge in [0.15, 0.2) is 0 Å². The van der Waals surface area contributed by atoms with Crippen LogP contribution >= 0.6 is 0 Å². The van der Waals surface area contributed by atoms with Crippen molar-refractivity contribution in [3.05, 3.63) is 0 Å². The molecule has 0 spiro atoms. The van der Waals surface area contributed by atoms with Crippen molar-refractivity contribution in [3.8, 4) is 0 Å². The van der Waals surface area contributed by atoms with Crippen molar-refractivity contribution in [3.63, 3.8) is 0 Å². The summed E-state index contributed by atoms with van der Waals surface area (Å²) in [5.41, 5.74) is 0. The number of carbonyl (C=O) groups is 10. The van der Waals surface area contributed by atoms with Crippen LogP contribution in [0.5, 0.6) is 0 Å². The summed E-state index contributed by atoms with van der Waals surface area (Å²) in [5, 5.41) is 0. The van der Waals surface area contributed by atoms with Crippen LogP contribution in [0.15, 0.2) is 0 Å². The zero-order chi connectivity index (χ0) is 94.9. The van der Waals surface area contributed by atoms with Gasteiger partial charge in [-0.25, -0.2) is 0 Å². The molecule has 0 aromatic carbocycles. The number of likely N-dealkylation sites (N-methyl/N-ethyl adjacent to an activating group) is 10. The summed E-state index contributed by atoms with van der Waals surface area (Å²) in [4.78, 5) is 138. The van der Waals surface area contributed by atoms with Crippen LogP contribution in [0.4, 0.5) is 0 Å². The van der Waals surface area contributed by atoms with Gasteiger partial charge in [-0.1, -0.05) is 289 Å². The molecule has 0 aliphatic carbocycles. The van der Waals surface area contributed by atoms with Gasteiger partial charge in [0.05, 0.1) is 0 Å². The summed E-state index contributed by atoms with van der Waals surface area (Å²) in [7, 11) is 10.8. The Balaban J connectivity index is -0.000000482. The van der Waals surface area contributed by atoms with Gasteiger partial charge in [0.1, 0.15) is 66.1 Å². The maximum absolute atomic E-state index is 12.3. The van der Waals surface area contributed by atoms with Crippen LogP contribution in [0, 0.1) is 11.8 Å². The van der Waals surface area contributed by atoms with Crippen LogP contribution in [0.3, 0.4) is 0 Å². The molecule has 25 nitrogen and oxygen atoms in total. The van der Waals surface area contributed by atoms with Gasteiger partial charge >= 0.3 is 0 Å². The summed E-state index contributed by atoms with van der Waals surface area (Å²) < 4.78 is 26.8. The lowest BCUT2D eigenvalue weighted by atomic mass is 9.99. The predicted molar refractivity (Wildman–Crippen MR) is 518 cm³/mol. The molecule has 0 heterocycles. The first-order valence-corrected chi connectivity index (χ1v) is 50.6. The first-order valence-electron chi connectivity index (χ1n) is 50.6. The van der Waals surface area contributed by atoms with Crippen LogP contribution in [0.25, 0.3) is 0 Å². The van der Waals surface area contributed by atoms with E-state index in [1.807, 2.05) is 61.4 Å². The smallest absolute Gasteiger partial charge is 0.248 e. The molecule has 0 saturated heterocycles. The molecule has 0 radical (unpaired) electrons. The number of hydrogen-bond acceptors (Lipinski definition) is 15. The highest BCUT2D eigenvalue weighted by atomic mass is 16.5. The molecule has 0 aliphatic heterocycles. The molecule has 2 atom stereocenters. The van der Waals surface area contributed by atoms with Crippen LogP contribution < -0.4 is 0 Å². The number of amides is 10. The molecule has 0 aromatic heterocycles. The molecule has 0 rings (SSSR count). The third kappa shape index (κ3) is 79.2. The van der Waals surface area contributed by atoms with Crippen molar-refractivity contribution < 1.29 is 71.6 Å². The van der Waals surface area contributed by atoms with Gasteiger partial charge < -0.3 is 72.7 Å². The molecule has 0 N–H and O–H groups in total. The number of ether oxygens (including phenoxy) is 5. The highest BCUT2D eigenvalue weighted by Gasteiger charge is 2.22. The van der Waals surface area contributed by atoms with E-state index in [9.17, 15) is 47.9 Å². The third-order valence-electron chi connectivity index (χ3n) is 22.9. The maximum atomic E-state index is 12.3. The van der Waals surface area contributed by atoms with Crippen molar-refractivity contribution in [1.82, 2.24) is 49.0 Å². The summed E-state index contributed by atoms with van der Waals surface area (Å²) in [6, 6.07) is 0. The zero-order valence-corrected chi connectivity index (χ0v) is 85.4. The Kier molecular flexibility index (Phi) is 96.9. The van der Waals surface area contributed by atoms with Crippen molar-refractivity contribution in [2.24, 2.45) is 11.8 Å². The molecule has 0 aromatic rings. The van der Waals surface area contributed by atoms with Crippen molar-refractivity contribution >= 4 is 59.1 Å². The van der Waals surface area contributed by atoms with E-state index in [-0.39, 0.29) is 125 Å². The van der Waals surface area contributed by atoms with Crippen LogP contribution in [0.1, 0.15) is 380 Å². The largest absolute Gasteiger partial charge is 0.362 e. The second-order valence-electron chi connectivity index (χ2n) is 34.2. The Labute approximate surface area is 768 Å². The van der Waals surface area contributed by atoms with Gasteiger partial charge in [-0.3, -0.25) is 47.9 Å². The second kappa shape index (κ2) is 94.6. The van der Waals surface area contributed by atoms with E-state index in [1.54, 1.807) is 57.6 Å². The summed E-state index contributed by atoms with van der Waals surface area (Å²) >= 11 is 0. The summed E-state index contributed by atoms with van der Waals surface area (Å²) in [6.07, 6.45) is 48.7. The van der Waals surface area contributed by atoms with E-state index in [0.717, 1.165) is 194 Å². The van der Waals surface area contributed by atoms with Crippen LogP contribution in [-0.2, 0) is 71.6 Å². The molecule has 0 bridgehead atoms. The first kappa shape index (κ1) is 128. The van der Waals surface area contributed by atoms with E-state index in [1.165, 1.54) is 141 Å². The lowest BCUT2D eigenvalue weighted by Gasteiger charge is -2.24. The standard InChI is InChI=1S/C24H48N2O3.C22H44N2O3.C20H40N2O3.C18H36N2O3.C16H32N2O3/c1-5-9-11-13-15-17-19-25(7-3)23(27)21-29-22-24(28)26(8-4)20-18-16-14-12-10-6-2;1-7-11-13-19(9-3)15-23(5)21(25)17-27-18-22(26)24(6)16-20(10-4)14-12-8-2;1-5-9-11-13-15-21(7-3)19(23)17-25-18-20(24)22(8-4)16-14-12-10-6-2;1-5-7-9-11-13-19(3)17(21)15-23-16-18(22)20(4)14-12-10-8-6-2;1-5-7-9-11-17(3)15(19)13-21-14-16(20)18(4)12-10-8-6-2/h5-22H2,1-4H3;19-20H,7-18H2,1-6H3;5-18H2,1-4H3;5-16H2,1-4H3;5-14H2,1-4H3. The molecule has 0 aliphatic rings. The highest BCUT2D eigenvalue weighted by molar-refractivity contribution is 5.82. The van der Waals surface area contributed by atoms with Gasteiger partial charge in [-0.2, -0.15) is 0 Å². The SMILES string of the molecule is CCCCC(CC)CN(C)C(=O)COCC(=O)N(C)CC(CC)CCCC.CCCCCCCCN(CC)C(=O)COCC(=O)N(CC)CCCCCCCC.CCCCCCN(C)C(=O)COCC(=O)N(C)CCCCCC.CCCCCCN(CC)C(=O)COCC(=O)N(CC)CCCCCC.CCCCCN(C)C(=O)COCC(=O)N(C)CCCCC. The van der Waals surface area contributed by atoms with Gasteiger partial charge in [0.25, 0.3) is 0 Å². The molecular weight excluding hydrogens is 1580 g/mol. The topological polar surface area (TPSA) is 249 Å². The monoisotopic (exact) mass is 1780 g/mol. The number of nitrogens with zero attached hydrogens (tertiary/aromatic N) is 10. The molecule has 125 heavy (non-hydrogen) atoms. The van der Waals surface area contributed by atoms with Crippen molar-refractivity contribution in [2.45, 2.75) is 380 Å². The zero-order valence-electron chi connectivity index (χ0n) is 85.4. The van der Waals surface area contributed by atoms with E-state index in [4.69, 9.17) is 23.7 Å². The fourth-order valence-corrected chi connectivity index (χ4v) is 13.7. The first-order chi connectivity index (χ1) is 60.1. The fourth-order valence-electron chi connectivity index (χ4n) is 13.7. The Morgan fingerprint density at radius 2 is 0.336 bits per heavy atom. The van der Waals surface area contributed by atoms with E-state index in [0.29, 0.717) is 38.0 Å². The molecular formula is C100H200N10O15. The Morgan fingerprint density at radius 1 is 0.184 bits per heavy atom. The Morgan fingerprint density at radius 3 is 0.528 bits per heavy atom. The number of carbonyl (C=O) groups excluding carboxylic acids is 10. The molecule has 10 amide bonds. The predicted octanol–water partition coefficient (Wildman–Crippen LogP) is 19.0. The Hall–Kier alpha value is -5.50. The van der Waals surface area contributed by atoms with Gasteiger partial charge in [-0.05, 0) is 104 Å². The van der Waals surface area contributed by atoms with Gasteiger partial charge in [-0.15, -0.1) is 0 Å². The molecule has 2 unspecified atom stereocenters. The van der Waals surface area contributed by atoms with E-state index < -0.39 is 0 Å². The van der Waals surface area contributed by atoms with Crippen molar-refractivity contribution in [1.29, 1.82) is 0 Å².